The average Bonchev–Trinajstić information content (AvgIpc) is 2.36. The molecule has 0 heterocycles. The van der Waals surface area contributed by atoms with Crippen LogP contribution in [0.3, 0.4) is 0 Å². The number of nitrogens with zero attached hydrogens (tertiary/aromatic N) is 1. The van der Waals surface area contributed by atoms with Gasteiger partial charge in [-0.05, 0) is 40.1 Å². The molecule has 0 fully saturated rings. The molecule has 114 valence electrons. The molecule has 0 radical (unpaired) electrons. The molecular formula is C15H25BrN2O2. The first kappa shape index (κ1) is 17.3. The predicted molar refractivity (Wildman–Crippen MR) is 86.7 cm³/mol. The summed E-state index contributed by atoms with van der Waals surface area (Å²) in [6, 6.07) is 3.92. The summed E-state index contributed by atoms with van der Waals surface area (Å²) in [5, 5.41) is 3.43. The molecule has 0 aliphatic heterocycles. The van der Waals surface area contributed by atoms with E-state index in [-0.39, 0.29) is 6.10 Å². The zero-order valence-corrected chi connectivity index (χ0v) is 14.6. The molecule has 4 nitrogen and oxygen atoms in total. The summed E-state index contributed by atoms with van der Waals surface area (Å²) in [6.45, 7) is 6.71. The van der Waals surface area contributed by atoms with Crippen LogP contribution in [-0.2, 0) is 6.54 Å². The molecule has 1 aromatic carbocycles. The molecule has 1 N–H and O–H groups in total. The van der Waals surface area contributed by atoms with Gasteiger partial charge in [0.1, 0.15) is 0 Å². The Morgan fingerprint density at radius 2 is 2.00 bits per heavy atom. The molecule has 0 aliphatic rings. The summed E-state index contributed by atoms with van der Waals surface area (Å²) in [6.07, 6.45) is 0.110. The maximum absolute atomic E-state index is 5.92. The van der Waals surface area contributed by atoms with E-state index in [1.165, 1.54) is 0 Å². The van der Waals surface area contributed by atoms with Crippen molar-refractivity contribution in [3.05, 3.63) is 22.2 Å². The number of benzene rings is 1. The highest BCUT2D eigenvalue weighted by Crippen LogP contribution is 2.36. The quantitative estimate of drug-likeness (QED) is 0.735. The van der Waals surface area contributed by atoms with E-state index in [2.05, 4.69) is 40.2 Å². The number of hydrogen-bond acceptors (Lipinski definition) is 4. The minimum atomic E-state index is 0.110. The smallest absolute Gasteiger partial charge is 0.167 e. The van der Waals surface area contributed by atoms with Crippen molar-refractivity contribution >= 4 is 15.9 Å². The molecule has 5 heteroatoms. The van der Waals surface area contributed by atoms with Crippen LogP contribution in [0.4, 0.5) is 0 Å². The molecule has 0 saturated carbocycles. The molecule has 1 aromatic rings. The molecule has 0 atom stereocenters. The van der Waals surface area contributed by atoms with Crippen LogP contribution in [0.1, 0.15) is 19.4 Å². The SMILES string of the molecule is COc1ccc(Br)c(CNCCN(C)C)c1OC(C)C. The van der Waals surface area contributed by atoms with Gasteiger partial charge in [-0.25, -0.2) is 0 Å². The summed E-state index contributed by atoms with van der Waals surface area (Å²) in [4.78, 5) is 2.15. The standard InChI is InChI=1S/C15H25BrN2O2/c1-11(2)20-15-12(10-17-8-9-18(3)4)13(16)6-7-14(15)19-5/h6-7,11,17H,8-10H2,1-5H3. The molecule has 0 spiro atoms. The predicted octanol–water partition coefficient (Wildman–Crippen LogP) is 2.90. The molecule has 0 bridgehead atoms. The Kier molecular flexibility index (Phi) is 7.34. The summed E-state index contributed by atoms with van der Waals surface area (Å²) >= 11 is 3.60. The Labute approximate surface area is 130 Å². The van der Waals surface area contributed by atoms with Gasteiger partial charge >= 0.3 is 0 Å². The molecule has 0 saturated heterocycles. The number of hydrogen-bond donors (Lipinski definition) is 1. The van der Waals surface area contributed by atoms with Crippen LogP contribution in [0.2, 0.25) is 0 Å². The van der Waals surface area contributed by atoms with E-state index >= 15 is 0 Å². The van der Waals surface area contributed by atoms with Gasteiger partial charge < -0.3 is 19.7 Å². The van der Waals surface area contributed by atoms with E-state index in [4.69, 9.17) is 9.47 Å². The summed E-state index contributed by atoms with van der Waals surface area (Å²) in [7, 11) is 5.80. The van der Waals surface area contributed by atoms with Crippen LogP contribution in [0.15, 0.2) is 16.6 Å². The van der Waals surface area contributed by atoms with Crippen molar-refractivity contribution in [3.8, 4) is 11.5 Å². The fraction of sp³-hybridized carbons (Fsp3) is 0.600. The number of likely N-dealkylation sites (N-methyl/N-ethyl adjacent to an activating group) is 1. The van der Waals surface area contributed by atoms with Crippen LogP contribution >= 0.6 is 15.9 Å². The lowest BCUT2D eigenvalue weighted by molar-refractivity contribution is 0.227. The van der Waals surface area contributed by atoms with Crippen molar-refractivity contribution in [2.75, 3.05) is 34.3 Å². The number of methoxy groups -OCH3 is 1. The Morgan fingerprint density at radius 1 is 1.30 bits per heavy atom. The summed E-state index contributed by atoms with van der Waals surface area (Å²) in [5.74, 6) is 1.58. The number of nitrogens with one attached hydrogen (secondary N) is 1. The normalized spacial score (nSPS) is 11.2. The maximum Gasteiger partial charge on any atom is 0.167 e. The van der Waals surface area contributed by atoms with Gasteiger partial charge in [-0.1, -0.05) is 15.9 Å². The minimum absolute atomic E-state index is 0.110. The Hall–Kier alpha value is -0.780. The topological polar surface area (TPSA) is 33.7 Å². The van der Waals surface area contributed by atoms with Gasteiger partial charge in [-0.15, -0.1) is 0 Å². The molecule has 1 rings (SSSR count). The second-order valence-electron chi connectivity index (χ2n) is 5.20. The highest BCUT2D eigenvalue weighted by Gasteiger charge is 2.15. The number of halogens is 1. The highest BCUT2D eigenvalue weighted by molar-refractivity contribution is 9.10. The first-order valence-electron chi connectivity index (χ1n) is 6.83. The Balaban J connectivity index is 2.85. The lowest BCUT2D eigenvalue weighted by Gasteiger charge is -2.19. The second kappa shape index (κ2) is 8.49. The largest absolute Gasteiger partial charge is 0.493 e. The first-order chi connectivity index (χ1) is 9.45. The zero-order chi connectivity index (χ0) is 15.1. The van der Waals surface area contributed by atoms with Gasteiger partial charge in [0, 0.05) is 29.7 Å². The second-order valence-corrected chi connectivity index (χ2v) is 6.06. The van der Waals surface area contributed by atoms with Crippen LogP contribution in [0.5, 0.6) is 11.5 Å². The summed E-state index contributed by atoms with van der Waals surface area (Å²) < 4.78 is 12.4. The van der Waals surface area contributed by atoms with E-state index in [1.807, 2.05) is 26.0 Å². The molecular weight excluding hydrogens is 320 g/mol. The number of rotatable bonds is 8. The van der Waals surface area contributed by atoms with Gasteiger partial charge in [0.25, 0.3) is 0 Å². The van der Waals surface area contributed by atoms with Crippen molar-refractivity contribution in [2.24, 2.45) is 0 Å². The van der Waals surface area contributed by atoms with Crippen molar-refractivity contribution < 1.29 is 9.47 Å². The van der Waals surface area contributed by atoms with Gasteiger partial charge in [-0.2, -0.15) is 0 Å². The van der Waals surface area contributed by atoms with Crippen molar-refractivity contribution in [3.63, 3.8) is 0 Å². The Morgan fingerprint density at radius 3 is 2.55 bits per heavy atom. The van der Waals surface area contributed by atoms with Crippen molar-refractivity contribution in [1.82, 2.24) is 10.2 Å². The molecule has 0 unspecified atom stereocenters. The van der Waals surface area contributed by atoms with Crippen LogP contribution in [0.25, 0.3) is 0 Å². The fourth-order valence-corrected chi connectivity index (χ4v) is 2.24. The van der Waals surface area contributed by atoms with Gasteiger partial charge in [0.2, 0.25) is 0 Å². The third-order valence-electron chi connectivity index (χ3n) is 2.78. The van der Waals surface area contributed by atoms with Gasteiger partial charge in [0.05, 0.1) is 13.2 Å². The lowest BCUT2D eigenvalue weighted by Crippen LogP contribution is -2.26. The molecule has 0 amide bonds. The van der Waals surface area contributed by atoms with Gasteiger partial charge in [-0.3, -0.25) is 0 Å². The molecule has 20 heavy (non-hydrogen) atoms. The summed E-state index contributed by atoms with van der Waals surface area (Å²) in [5.41, 5.74) is 1.09. The maximum atomic E-state index is 5.92. The molecule has 0 aliphatic carbocycles. The van der Waals surface area contributed by atoms with Crippen LogP contribution in [0, 0.1) is 0 Å². The zero-order valence-electron chi connectivity index (χ0n) is 13.0. The van der Waals surface area contributed by atoms with E-state index in [0.717, 1.165) is 41.2 Å². The highest BCUT2D eigenvalue weighted by atomic mass is 79.9. The van der Waals surface area contributed by atoms with E-state index in [9.17, 15) is 0 Å². The van der Waals surface area contributed by atoms with E-state index < -0.39 is 0 Å². The van der Waals surface area contributed by atoms with Gasteiger partial charge in [0.15, 0.2) is 11.5 Å². The Bertz CT molecular complexity index is 423. The average molecular weight is 345 g/mol. The first-order valence-corrected chi connectivity index (χ1v) is 7.62. The lowest BCUT2D eigenvalue weighted by atomic mass is 10.1. The third kappa shape index (κ3) is 5.31. The van der Waals surface area contributed by atoms with Crippen molar-refractivity contribution in [1.29, 1.82) is 0 Å². The minimum Gasteiger partial charge on any atom is -0.493 e. The van der Waals surface area contributed by atoms with Crippen LogP contribution < -0.4 is 14.8 Å². The monoisotopic (exact) mass is 344 g/mol. The van der Waals surface area contributed by atoms with E-state index in [0.29, 0.717) is 0 Å². The molecule has 0 aromatic heterocycles. The van der Waals surface area contributed by atoms with E-state index in [1.54, 1.807) is 7.11 Å². The number of ether oxygens (including phenoxy) is 2. The third-order valence-corrected chi connectivity index (χ3v) is 3.52. The van der Waals surface area contributed by atoms with Crippen LogP contribution in [-0.4, -0.2) is 45.3 Å². The van der Waals surface area contributed by atoms with Crippen molar-refractivity contribution in [2.45, 2.75) is 26.5 Å². The fourth-order valence-electron chi connectivity index (χ4n) is 1.79.